The molecule has 0 saturated carbocycles. The van der Waals surface area contributed by atoms with Crippen LogP contribution in [0.25, 0.3) is 5.65 Å². The molecule has 1 saturated heterocycles. The van der Waals surface area contributed by atoms with Crippen LogP contribution in [0.15, 0.2) is 24.5 Å². The number of carbonyl (C=O) groups is 1. The maximum atomic E-state index is 12.6. The van der Waals surface area contributed by atoms with Gasteiger partial charge in [-0.25, -0.2) is 4.98 Å². The second-order valence-electron chi connectivity index (χ2n) is 6.09. The summed E-state index contributed by atoms with van der Waals surface area (Å²) in [7, 11) is 0. The zero-order valence-corrected chi connectivity index (χ0v) is 13.5. The molecule has 0 atom stereocenters. The molecule has 1 fully saturated rings. The Morgan fingerprint density at radius 2 is 1.95 bits per heavy atom. The van der Waals surface area contributed by atoms with E-state index < -0.39 is 0 Å². The molecule has 3 heterocycles. The third-order valence-corrected chi connectivity index (χ3v) is 4.31. The summed E-state index contributed by atoms with van der Waals surface area (Å²) >= 11 is 0. The second-order valence-corrected chi connectivity index (χ2v) is 6.09. The molecule has 0 N–H and O–H groups in total. The molecular weight excluding hydrogens is 276 g/mol. The Bertz CT molecular complexity index is 656. The Kier molecular flexibility index (Phi) is 4.43. The summed E-state index contributed by atoms with van der Waals surface area (Å²) in [5, 5.41) is 0. The lowest BCUT2D eigenvalue weighted by atomic mass is 10.2. The third-order valence-electron chi connectivity index (χ3n) is 4.31. The van der Waals surface area contributed by atoms with Crippen molar-refractivity contribution in [2.45, 2.75) is 26.7 Å². The fourth-order valence-electron chi connectivity index (χ4n) is 2.92. The summed E-state index contributed by atoms with van der Waals surface area (Å²) in [6, 6.07) is 3.97. The number of unbranched alkanes of at least 4 members (excludes halogenated alkanes) is 1. The Hall–Kier alpha value is -1.88. The number of amides is 1. The molecule has 5 heteroatoms. The number of aryl methyl sites for hydroxylation is 1. The van der Waals surface area contributed by atoms with Crippen molar-refractivity contribution < 1.29 is 4.79 Å². The minimum atomic E-state index is 0.0523. The molecule has 1 aliphatic rings. The van der Waals surface area contributed by atoms with E-state index >= 15 is 0 Å². The van der Waals surface area contributed by atoms with E-state index in [0.29, 0.717) is 5.69 Å². The van der Waals surface area contributed by atoms with Crippen LogP contribution in [0.1, 0.15) is 35.8 Å². The normalized spacial score (nSPS) is 16.4. The van der Waals surface area contributed by atoms with Crippen LogP contribution in [-0.2, 0) is 0 Å². The largest absolute Gasteiger partial charge is 0.335 e. The summed E-state index contributed by atoms with van der Waals surface area (Å²) in [6.45, 7) is 8.94. The molecule has 118 valence electrons. The number of carbonyl (C=O) groups excluding carboxylic acids is 1. The van der Waals surface area contributed by atoms with Gasteiger partial charge >= 0.3 is 0 Å². The van der Waals surface area contributed by atoms with Gasteiger partial charge in [0.1, 0.15) is 11.3 Å². The SMILES string of the molecule is CCCCN1CCN(C(=O)c2cn3cc(C)ccc3n2)CC1. The van der Waals surface area contributed by atoms with Crippen LogP contribution in [0, 0.1) is 6.92 Å². The van der Waals surface area contributed by atoms with Crippen LogP contribution in [0.3, 0.4) is 0 Å². The van der Waals surface area contributed by atoms with Gasteiger partial charge in [-0.2, -0.15) is 0 Å². The maximum absolute atomic E-state index is 12.6. The van der Waals surface area contributed by atoms with Gasteiger partial charge < -0.3 is 9.30 Å². The molecule has 5 nitrogen and oxygen atoms in total. The number of fused-ring (bicyclic) bond motifs is 1. The van der Waals surface area contributed by atoms with Crippen molar-refractivity contribution >= 4 is 11.6 Å². The van der Waals surface area contributed by atoms with Gasteiger partial charge in [-0.05, 0) is 31.5 Å². The van der Waals surface area contributed by atoms with Crippen LogP contribution >= 0.6 is 0 Å². The van der Waals surface area contributed by atoms with Crippen molar-refractivity contribution in [1.82, 2.24) is 19.2 Å². The fourth-order valence-corrected chi connectivity index (χ4v) is 2.92. The first-order chi connectivity index (χ1) is 10.7. The molecule has 1 amide bonds. The van der Waals surface area contributed by atoms with Gasteiger partial charge in [-0.3, -0.25) is 9.69 Å². The quantitative estimate of drug-likeness (QED) is 0.869. The lowest BCUT2D eigenvalue weighted by molar-refractivity contribution is 0.0630. The molecular formula is C17H24N4O. The van der Waals surface area contributed by atoms with E-state index in [1.54, 1.807) is 0 Å². The number of nitrogens with zero attached hydrogens (tertiary/aromatic N) is 4. The predicted octanol–water partition coefficient (Wildman–Crippen LogP) is 2.20. The highest BCUT2D eigenvalue weighted by molar-refractivity contribution is 5.93. The summed E-state index contributed by atoms with van der Waals surface area (Å²) in [5.41, 5.74) is 2.54. The van der Waals surface area contributed by atoms with Crippen molar-refractivity contribution in [3.8, 4) is 0 Å². The second kappa shape index (κ2) is 6.48. The molecule has 0 unspecified atom stereocenters. The smallest absolute Gasteiger partial charge is 0.274 e. The predicted molar refractivity (Wildman–Crippen MR) is 87.2 cm³/mol. The first kappa shape index (κ1) is 15.0. The monoisotopic (exact) mass is 300 g/mol. The van der Waals surface area contributed by atoms with E-state index in [0.717, 1.165) is 43.9 Å². The Labute approximate surface area is 131 Å². The summed E-state index contributed by atoms with van der Waals surface area (Å²) < 4.78 is 1.93. The fraction of sp³-hybridized carbons (Fsp3) is 0.529. The van der Waals surface area contributed by atoms with E-state index in [2.05, 4.69) is 16.8 Å². The molecule has 2 aromatic rings. The van der Waals surface area contributed by atoms with Gasteiger partial charge in [0, 0.05) is 38.6 Å². The lowest BCUT2D eigenvalue weighted by Gasteiger charge is -2.34. The molecule has 0 bridgehead atoms. The van der Waals surface area contributed by atoms with E-state index in [1.807, 2.05) is 40.8 Å². The number of imidazole rings is 1. The Balaban J connectivity index is 1.66. The van der Waals surface area contributed by atoms with Crippen molar-refractivity contribution in [2.75, 3.05) is 32.7 Å². The van der Waals surface area contributed by atoms with Gasteiger partial charge in [0.05, 0.1) is 0 Å². The number of hydrogen-bond donors (Lipinski definition) is 0. The Morgan fingerprint density at radius 1 is 1.18 bits per heavy atom. The molecule has 0 aromatic carbocycles. The number of aromatic nitrogens is 2. The zero-order valence-electron chi connectivity index (χ0n) is 13.5. The first-order valence-electron chi connectivity index (χ1n) is 8.14. The number of piperazine rings is 1. The number of pyridine rings is 1. The van der Waals surface area contributed by atoms with Gasteiger partial charge in [-0.1, -0.05) is 19.4 Å². The van der Waals surface area contributed by atoms with Crippen LogP contribution in [0.5, 0.6) is 0 Å². The minimum absolute atomic E-state index is 0.0523. The molecule has 0 radical (unpaired) electrons. The van der Waals surface area contributed by atoms with Crippen molar-refractivity contribution in [2.24, 2.45) is 0 Å². The highest BCUT2D eigenvalue weighted by Gasteiger charge is 2.23. The third kappa shape index (κ3) is 3.14. The topological polar surface area (TPSA) is 40.9 Å². The van der Waals surface area contributed by atoms with Crippen molar-refractivity contribution in [1.29, 1.82) is 0 Å². The van der Waals surface area contributed by atoms with Crippen LogP contribution < -0.4 is 0 Å². The van der Waals surface area contributed by atoms with E-state index in [1.165, 1.54) is 12.8 Å². The van der Waals surface area contributed by atoms with E-state index in [9.17, 15) is 4.79 Å². The molecule has 1 aliphatic heterocycles. The highest BCUT2D eigenvalue weighted by Crippen LogP contribution is 2.11. The molecule has 0 aliphatic carbocycles. The molecule has 22 heavy (non-hydrogen) atoms. The molecule has 0 spiro atoms. The van der Waals surface area contributed by atoms with Crippen LogP contribution in [0.4, 0.5) is 0 Å². The van der Waals surface area contributed by atoms with Gasteiger partial charge in [0.25, 0.3) is 5.91 Å². The summed E-state index contributed by atoms with van der Waals surface area (Å²) in [5.74, 6) is 0.0523. The summed E-state index contributed by atoms with van der Waals surface area (Å²) in [6.07, 6.45) is 6.30. The Morgan fingerprint density at radius 3 is 2.68 bits per heavy atom. The van der Waals surface area contributed by atoms with Crippen molar-refractivity contribution in [3.63, 3.8) is 0 Å². The molecule has 3 rings (SSSR count). The lowest BCUT2D eigenvalue weighted by Crippen LogP contribution is -2.48. The van der Waals surface area contributed by atoms with E-state index in [-0.39, 0.29) is 5.91 Å². The van der Waals surface area contributed by atoms with Gasteiger partial charge in [0.2, 0.25) is 0 Å². The average Bonchev–Trinajstić information content (AvgIpc) is 2.95. The summed E-state index contributed by atoms with van der Waals surface area (Å²) in [4.78, 5) is 21.4. The average molecular weight is 300 g/mol. The first-order valence-corrected chi connectivity index (χ1v) is 8.14. The number of rotatable bonds is 4. The molecule has 2 aromatic heterocycles. The van der Waals surface area contributed by atoms with Gasteiger partial charge in [-0.15, -0.1) is 0 Å². The van der Waals surface area contributed by atoms with Gasteiger partial charge in [0.15, 0.2) is 0 Å². The van der Waals surface area contributed by atoms with Crippen molar-refractivity contribution in [3.05, 3.63) is 35.8 Å². The van der Waals surface area contributed by atoms with Crippen LogP contribution in [0.2, 0.25) is 0 Å². The van der Waals surface area contributed by atoms with Crippen LogP contribution in [-0.4, -0.2) is 57.8 Å². The number of hydrogen-bond acceptors (Lipinski definition) is 3. The maximum Gasteiger partial charge on any atom is 0.274 e. The highest BCUT2D eigenvalue weighted by atomic mass is 16.2. The standard InChI is InChI=1S/C17H24N4O/c1-3-4-7-19-8-10-20(11-9-19)17(22)15-13-21-12-14(2)5-6-16(21)18-15/h5-6,12-13H,3-4,7-11H2,1-2H3. The minimum Gasteiger partial charge on any atom is -0.335 e. The zero-order chi connectivity index (χ0) is 15.5. The van der Waals surface area contributed by atoms with E-state index in [4.69, 9.17) is 0 Å².